The van der Waals surface area contributed by atoms with Crippen molar-refractivity contribution in [3.63, 3.8) is 0 Å². The Bertz CT molecular complexity index is 480. The Kier molecular flexibility index (Phi) is 4.60. The quantitative estimate of drug-likeness (QED) is 0.919. The van der Waals surface area contributed by atoms with Gasteiger partial charge in [0, 0.05) is 31.5 Å². The SMILES string of the molecule is CCNc1cc(C)ncc1C(=O)N1CC(C)OC(C)C1. The number of hydrogen-bond donors (Lipinski definition) is 1. The van der Waals surface area contributed by atoms with Crippen molar-refractivity contribution in [3.05, 3.63) is 23.5 Å². The van der Waals surface area contributed by atoms with Crippen molar-refractivity contribution >= 4 is 11.6 Å². The Morgan fingerprint density at radius 3 is 2.70 bits per heavy atom. The number of nitrogens with zero attached hydrogens (tertiary/aromatic N) is 2. The number of morpholine rings is 1. The number of ether oxygens (including phenoxy) is 1. The highest BCUT2D eigenvalue weighted by atomic mass is 16.5. The van der Waals surface area contributed by atoms with Gasteiger partial charge >= 0.3 is 0 Å². The van der Waals surface area contributed by atoms with Crippen LogP contribution in [0.3, 0.4) is 0 Å². The molecule has 0 saturated carbocycles. The van der Waals surface area contributed by atoms with Gasteiger partial charge in [0.05, 0.1) is 23.5 Å². The first-order valence-corrected chi connectivity index (χ1v) is 7.16. The molecule has 20 heavy (non-hydrogen) atoms. The highest BCUT2D eigenvalue weighted by molar-refractivity contribution is 5.99. The van der Waals surface area contributed by atoms with Crippen molar-refractivity contribution in [2.45, 2.75) is 39.9 Å². The second-order valence-electron chi connectivity index (χ2n) is 5.37. The molecule has 1 aliphatic heterocycles. The van der Waals surface area contributed by atoms with Gasteiger partial charge in [0.1, 0.15) is 0 Å². The van der Waals surface area contributed by atoms with Gasteiger partial charge in [-0.25, -0.2) is 0 Å². The van der Waals surface area contributed by atoms with Crippen LogP contribution in [-0.2, 0) is 4.74 Å². The van der Waals surface area contributed by atoms with Crippen LogP contribution in [0.1, 0.15) is 36.8 Å². The van der Waals surface area contributed by atoms with Gasteiger partial charge in [0.15, 0.2) is 0 Å². The number of anilines is 1. The molecule has 1 aromatic rings. The van der Waals surface area contributed by atoms with Crippen LogP contribution >= 0.6 is 0 Å². The van der Waals surface area contributed by atoms with Crippen LogP contribution in [0.4, 0.5) is 5.69 Å². The van der Waals surface area contributed by atoms with Crippen molar-refractivity contribution in [2.24, 2.45) is 0 Å². The van der Waals surface area contributed by atoms with Gasteiger partial charge in [-0.3, -0.25) is 9.78 Å². The van der Waals surface area contributed by atoms with Gasteiger partial charge in [-0.2, -0.15) is 0 Å². The smallest absolute Gasteiger partial charge is 0.257 e. The molecule has 1 N–H and O–H groups in total. The first kappa shape index (κ1) is 14.8. The Morgan fingerprint density at radius 1 is 1.45 bits per heavy atom. The van der Waals surface area contributed by atoms with E-state index in [1.54, 1.807) is 6.20 Å². The Morgan fingerprint density at radius 2 is 2.10 bits per heavy atom. The number of amides is 1. The van der Waals surface area contributed by atoms with Crippen molar-refractivity contribution in [1.82, 2.24) is 9.88 Å². The summed E-state index contributed by atoms with van der Waals surface area (Å²) in [6, 6.07) is 1.92. The fourth-order valence-corrected chi connectivity index (χ4v) is 2.58. The van der Waals surface area contributed by atoms with Crippen LogP contribution in [0.5, 0.6) is 0 Å². The number of nitrogens with one attached hydrogen (secondary N) is 1. The van der Waals surface area contributed by atoms with Crippen LogP contribution in [-0.4, -0.2) is 47.6 Å². The number of hydrogen-bond acceptors (Lipinski definition) is 4. The van der Waals surface area contributed by atoms with E-state index in [9.17, 15) is 4.79 Å². The molecular formula is C15H23N3O2. The molecule has 1 amide bonds. The van der Waals surface area contributed by atoms with Gasteiger partial charge < -0.3 is 15.0 Å². The van der Waals surface area contributed by atoms with Gasteiger partial charge in [-0.1, -0.05) is 0 Å². The van der Waals surface area contributed by atoms with Crippen molar-refractivity contribution in [1.29, 1.82) is 0 Å². The zero-order valence-corrected chi connectivity index (χ0v) is 12.6. The maximum Gasteiger partial charge on any atom is 0.257 e. The lowest BCUT2D eigenvalue weighted by Gasteiger charge is -2.35. The molecule has 5 heteroatoms. The summed E-state index contributed by atoms with van der Waals surface area (Å²) >= 11 is 0. The molecule has 2 unspecified atom stereocenters. The molecule has 2 rings (SSSR count). The molecule has 0 bridgehead atoms. The third kappa shape index (κ3) is 3.28. The average molecular weight is 277 g/mol. The minimum atomic E-state index is 0.0236. The summed E-state index contributed by atoms with van der Waals surface area (Å²) in [6.45, 7) is 9.96. The molecule has 5 nitrogen and oxygen atoms in total. The number of carbonyl (C=O) groups is 1. The Balaban J connectivity index is 2.24. The lowest BCUT2D eigenvalue weighted by Crippen LogP contribution is -2.48. The molecule has 1 fully saturated rings. The summed E-state index contributed by atoms with van der Waals surface area (Å²) in [5.74, 6) is 0.0236. The largest absolute Gasteiger partial charge is 0.385 e. The Hall–Kier alpha value is -1.62. The average Bonchev–Trinajstić information content (AvgIpc) is 2.37. The summed E-state index contributed by atoms with van der Waals surface area (Å²) in [4.78, 5) is 18.8. The van der Waals surface area contributed by atoms with Gasteiger partial charge in [-0.05, 0) is 33.8 Å². The lowest BCUT2D eigenvalue weighted by atomic mass is 10.1. The van der Waals surface area contributed by atoms with Gasteiger partial charge in [-0.15, -0.1) is 0 Å². The lowest BCUT2D eigenvalue weighted by molar-refractivity contribution is -0.0586. The van der Waals surface area contributed by atoms with E-state index in [0.717, 1.165) is 17.9 Å². The normalized spacial score (nSPS) is 22.7. The van der Waals surface area contributed by atoms with E-state index in [2.05, 4.69) is 10.3 Å². The van der Waals surface area contributed by atoms with Crippen molar-refractivity contribution in [3.8, 4) is 0 Å². The second kappa shape index (κ2) is 6.22. The monoisotopic (exact) mass is 277 g/mol. The summed E-state index contributed by atoms with van der Waals surface area (Å²) in [5, 5.41) is 3.24. The Labute approximate surface area is 120 Å². The zero-order chi connectivity index (χ0) is 14.7. The fourth-order valence-electron chi connectivity index (χ4n) is 2.58. The molecule has 2 atom stereocenters. The third-order valence-electron chi connectivity index (χ3n) is 3.35. The summed E-state index contributed by atoms with van der Waals surface area (Å²) in [5.41, 5.74) is 2.40. The number of carbonyl (C=O) groups excluding carboxylic acids is 1. The summed E-state index contributed by atoms with van der Waals surface area (Å²) < 4.78 is 5.67. The highest BCUT2D eigenvalue weighted by Gasteiger charge is 2.28. The fraction of sp³-hybridized carbons (Fsp3) is 0.600. The van der Waals surface area contributed by atoms with Gasteiger partial charge in [0.25, 0.3) is 5.91 Å². The number of aromatic nitrogens is 1. The van der Waals surface area contributed by atoms with E-state index in [1.807, 2.05) is 38.7 Å². The van der Waals surface area contributed by atoms with Crippen molar-refractivity contribution in [2.75, 3.05) is 25.0 Å². The number of aryl methyl sites for hydroxylation is 1. The molecular weight excluding hydrogens is 254 g/mol. The van der Waals surface area contributed by atoms with E-state index in [1.165, 1.54) is 0 Å². The predicted molar refractivity (Wildman–Crippen MR) is 79.1 cm³/mol. The maximum atomic E-state index is 12.7. The molecule has 0 aromatic carbocycles. The molecule has 110 valence electrons. The molecule has 1 aromatic heterocycles. The standard InChI is InChI=1S/C15H23N3O2/c1-5-16-14-6-10(2)17-7-13(14)15(19)18-8-11(3)20-12(4)9-18/h6-7,11-12H,5,8-9H2,1-4H3,(H,16,17). The topological polar surface area (TPSA) is 54.5 Å². The van der Waals surface area contributed by atoms with E-state index < -0.39 is 0 Å². The molecule has 0 aliphatic carbocycles. The van der Waals surface area contributed by atoms with Gasteiger partial charge in [0.2, 0.25) is 0 Å². The predicted octanol–water partition coefficient (Wildman–Crippen LogP) is 2.07. The van der Waals surface area contributed by atoms with E-state index in [4.69, 9.17) is 4.74 Å². The third-order valence-corrected chi connectivity index (χ3v) is 3.35. The molecule has 0 spiro atoms. The van der Waals surface area contributed by atoms with Crippen LogP contribution in [0.2, 0.25) is 0 Å². The molecule has 1 aliphatic rings. The molecule has 2 heterocycles. The van der Waals surface area contributed by atoms with Crippen LogP contribution in [0.15, 0.2) is 12.3 Å². The first-order chi connectivity index (χ1) is 9.51. The maximum absolute atomic E-state index is 12.7. The van der Waals surface area contributed by atoms with E-state index >= 15 is 0 Å². The zero-order valence-electron chi connectivity index (χ0n) is 12.6. The number of pyridine rings is 1. The number of rotatable bonds is 3. The van der Waals surface area contributed by atoms with Crippen molar-refractivity contribution < 1.29 is 9.53 Å². The minimum Gasteiger partial charge on any atom is -0.385 e. The highest BCUT2D eigenvalue weighted by Crippen LogP contribution is 2.20. The van der Waals surface area contributed by atoms with Crippen LogP contribution in [0.25, 0.3) is 0 Å². The second-order valence-corrected chi connectivity index (χ2v) is 5.37. The first-order valence-electron chi connectivity index (χ1n) is 7.16. The van der Waals surface area contributed by atoms with Crippen LogP contribution < -0.4 is 5.32 Å². The van der Waals surface area contributed by atoms with Crippen LogP contribution in [0, 0.1) is 6.92 Å². The molecule has 0 radical (unpaired) electrons. The summed E-state index contributed by atoms with van der Waals surface area (Å²) in [6.07, 6.45) is 1.81. The summed E-state index contributed by atoms with van der Waals surface area (Å²) in [7, 11) is 0. The minimum absolute atomic E-state index is 0.0236. The molecule has 1 saturated heterocycles. The van der Waals surface area contributed by atoms with E-state index in [-0.39, 0.29) is 18.1 Å². The van der Waals surface area contributed by atoms with E-state index in [0.29, 0.717) is 18.7 Å².